The van der Waals surface area contributed by atoms with Crippen molar-refractivity contribution >= 4 is 11.6 Å². The first-order valence-corrected chi connectivity index (χ1v) is 8.19. The highest BCUT2D eigenvalue weighted by Crippen LogP contribution is 2.13. The summed E-state index contributed by atoms with van der Waals surface area (Å²) in [7, 11) is 0. The molecule has 5 heteroatoms. The lowest BCUT2D eigenvalue weighted by Gasteiger charge is -2.07. The second-order valence-corrected chi connectivity index (χ2v) is 5.93. The molecule has 3 rings (SSSR count). The Labute approximate surface area is 170 Å². The number of pyridine rings is 1. The Hall–Kier alpha value is -1.91. The van der Waals surface area contributed by atoms with Crippen molar-refractivity contribution in [1.29, 1.82) is 0 Å². The van der Waals surface area contributed by atoms with Crippen molar-refractivity contribution in [3.8, 4) is 5.75 Å². The molecule has 0 aliphatic rings. The number of ether oxygens (including phenoxy) is 1. The van der Waals surface area contributed by atoms with Crippen molar-refractivity contribution in [2.75, 3.05) is 6.61 Å². The van der Waals surface area contributed by atoms with Crippen LogP contribution in [0.3, 0.4) is 0 Å². The molecule has 3 aromatic rings. The molecule has 0 amide bonds. The van der Waals surface area contributed by atoms with Crippen molar-refractivity contribution in [3.63, 3.8) is 0 Å². The molecule has 0 N–H and O–H groups in total. The molecule has 0 aliphatic heterocycles. The van der Waals surface area contributed by atoms with Crippen LogP contribution in [0.25, 0.3) is 0 Å². The molecule has 138 valence electrons. The Morgan fingerprint density at radius 2 is 1.62 bits per heavy atom. The quantitative estimate of drug-likeness (QED) is 0.537. The van der Waals surface area contributed by atoms with Crippen LogP contribution in [-0.2, 0) is 13.0 Å². The van der Waals surface area contributed by atoms with E-state index in [1.807, 2.05) is 42.6 Å². The summed E-state index contributed by atoms with van der Waals surface area (Å²) >= 11 is 5.94. The Morgan fingerprint density at radius 3 is 2.31 bits per heavy atom. The highest BCUT2D eigenvalue weighted by molar-refractivity contribution is 6.30. The van der Waals surface area contributed by atoms with Gasteiger partial charge in [-0.05, 0) is 42.0 Å². The topological polar surface area (TPSA) is 13.1 Å². The summed E-state index contributed by atoms with van der Waals surface area (Å²) in [5.74, 6) is 0.414. The third-order valence-corrected chi connectivity index (χ3v) is 4.00. The smallest absolute Gasteiger partial charge is 0.185 e. The lowest BCUT2D eigenvalue weighted by Crippen LogP contribution is -3.00. The fraction of sp³-hybridized carbons (Fsp3) is 0.190. The molecule has 0 radical (unpaired) electrons. The van der Waals surface area contributed by atoms with E-state index in [0.717, 1.165) is 18.0 Å². The molecule has 0 spiro atoms. The summed E-state index contributed by atoms with van der Waals surface area (Å²) < 4.78 is 20.7. The van der Waals surface area contributed by atoms with Gasteiger partial charge in [0.2, 0.25) is 0 Å². The SMILES string of the molecule is C.Fc1ccc(OCC[n+]2ccccc2Cc2ccc(Cl)cc2)cc1.[Br-]. The van der Waals surface area contributed by atoms with Gasteiger partial charge in [-0.25, -0.2) is 4.39 Å². The zero-order valence-corrected chi connectivity index (χ0v) is 15.9. The van der Waals surface area contributed by atoms with E-state index in [9.17, 15) is 4.39 Å². The predicted octanol–water partition coefficient (Wildman–Crippen LogP) is 2.08. The van der Waals surface area contributed by atoms with Gasteiger partial charge in [-0.1, -0.05) is 37.2 Å². The molecular weight excluding hydrogens is 417 g/mol. The third kappa shape index (κ3) is 6.43. The lowest BCUT2D eigenvalue weighted by atomic mass is 10.1. The zero-order valence-electron chi connectivity index (χ0n) is 13.5. The maximum atomic E-state index is 12.9. The molecule has 0 saturated heterocycles. The summed E-state index contributed by atoms with van der Waals surface area (Å²) in [4.78, 5) is 0. The Balaban J connectivity index is 0.00000169. The van der Waals surface area contributed by atoms with Crippen molar-refractivity contribution in [1.82, 2.24) is 0 Å². The minimum absolute atomic E-state index is 0. The molecule has 0 unspecified atom stereocenters. The minimum Gasteiger partial charge on any atom is -1.00 e. The summed E-state index contributed by atoms with van der Waals surface area (Å²) in [6.45, 7) is 1.25. The zero-order chi connectivity index (χ0) is 16.8. The largest absolute Gasteiger partial charge is 1.00 e. The first-order chi connectivity index (χ1) is 11.7. The van der Waals surface area contributed by atoms with Crippen LogP contribution in [0.5, 0.6) is 5.75 Å². The second-order valence-electron chi connectivity index (χ2n) is 5.49. The van der Waals surface area contributed by atoms with Crippen LogP contribution < -0.4 is 26.3 Å². The van der Waals surface area contributed by atoms with E-state index in [2.05, 4.69) is 10.6 Å². The van der Waals surface area contributed by atoms with E-state index >= 15 is 0 Å². The van der Waals surface area contributed by atoms with Gasteiger partial charge in [-0.3, -0.25) is 0 Å². The second kappa shape index (κ2) is 10.9. The van der Waals surface area contributed by atoms with Crippen molar-refractivity contribution in [2.24, 2.45) is 0 Å². The molecule has 1 heterocycles. The molecule has 0 fully saturated rings. The van der Waals surface area contributed by atoms with Crippen LogP contribution in [-0.4, -0.2) is 6.61 Å². The van der Waals surface area contributed by atoms with Gasteiger partial charge in [0.1, 0.15) is 18.2 Å². The van der Waals surface area contributed by atoms with Crippen LogP contribution in [0.1, 0.15) is 18.7 Å². The summed E-state index contributed by atoms with van der Waals surface area (Å²) in [5.41, 5.74) is 2.40. The Morgan fingerprint density at radius 1 is 0.923 bits per heavy atom. The van der Waals surface area contributed by atoms with E-state index < -0.39 is 0 Å². The van der Waals surface area contributed by atoms with E-state index in [4.69, 9.17) is 16.3 Å². The van der Waals surface area contributed by atoms with Gasteiger partial charge >= 0.3 is 0 Å². The van der Waals surface area contributed by atoms with E-state index in [0.29, 0.717) is 12.4 Å². The maximum Gasteiger partial charge on any atom is 0.185 e. The summed E-state index contributed by atoms with van der Waals surface area (Å²) in [6, 6.07) is 20.1. The molecule has 2 nitrogen and oxygen atoms in total. The van der Waals surface area contributed by atoms with Crippen LogP contribution in [0.4, 0.5) is 4.39 Å². The molecule has 0 saturated carbocycles. The van der Waals surface area contributed by atoms with Gasteiger partial charge in [0, 0.05) is 17.2 Å². The number of rotatable bonds is 6. The van der Waals surface area contributed by atoms with Gasteiger partial charge < -0.3 is 21.7 Å². The Bertz CT molecular complexity index is 794. The lowest BCUT2D eigenvalue weighted by molar-refractivity contribution is -0.704. The number of benzene rings is 2. The predicted molar refractivity (Wildman–Crippen MR) is 99.5 cm³/mol. The summed E-state index contributed by atoms with van der Waals surface area (Å²) in [6.07, 6.45) is 2.87. The highest BCUT2D eigenvalue weighted by atomic mass is 79.9. The molecule has 2 aromatic carbocycles. The van der Waals surface area contributed by atoms with E-state index in [1.54, 1.807) is 12.1 Å². The number of aromatic nitrogens is 1. The summed E-state index contributed by atoms with van der Waals surface area (Å²) in [5, 5.41) is 0.743. The standard InChI is InChI=1S/C20H18ClFNO.CH4.BrH/c21-17-6-4-16(5-7-17)15-19-3-1-2-12-23(19)13-14-24-20-10-8-18(22)9-11-20;;/h1-12H,13-15H2;1H4;1H/q+1;;/p-1. The molecule has 26 heavy (non-hydrogen) atoms. The van der Waals surface area contributed by atoms with Crippen molar-refractivity contribution < 1.29 is 30.7 Å². The average molecular weight is 439 g/mol. The minimum atomic E-state index is -0.259. The first kappa shape index (κ1) is 22.1. The van der Waals surface area contributed by atoms with Crippen LogP contribution >= 0.6 is 11.6 Å². The van der Waals surface area contributed by atoms with E-state index in [1.165, 1.54) is 23.4 Å². The van der Waals surface area contributed by atoms with Crippen LogP contribution in [0.2, 0.25) is 5.02 Å². The van der Waals surface area contributed by atoms with Gasteiger partial charge in [-0.2, -0.15) is 4.57 Å². The normalized spacial score (nSPS) is 9.77. The van der Waals surface area contributed by atoms with Crippen LogP contribution in [0.15, 0.2) is 72.9 Å². The molecule has 0 atom stereocenters. The van der Waals surface area contributed by atoms with Gasteiger partial charge in [0.15, 0.2) is 18.4 Å². The van der Waals surface area contributed by atoms with Crippen molar-refractivity contribution in [3.05, 3.63) is 95.0 Å². The number of nitrogens with zero attached hydrogens (tertiary/aromatic N) is 1. The Kier molecular flexibility index (Phi) is 9.31. The van der Waals surface area contributed by atoms with Crippen LogP contribution in [0, 0.1) is 5.82 Å². The fourth-order valence-corrected chi connectivity index (χ4v) is 2.62. The molecule has 0 aliphatic carbocycles. The highest BCUT2D eigenvalue weighted by Gasteiger charge is 2.10. The van der Waals surface area contributed by atoms with Gasteiger partial charge in [-0.15, -0.1) is 0 Å². The van der Waals surface area contributed by atoms with Gasteiger partial charge in [0.25, 0.3) is 0 Å². The third-order valence-electron chi connectivity index (χ3n) is 3.75. The number of hydrogen-bond donors (Lipinski definition) is 0. The molecule has 1 aromatic heterocycles. The maximum absolute atomic E-state index is 12.9. The number of hydrogen-bond acceptors (Lipinski definition) is 1. The number of halogens is 3. The first-order valence-electron chi connectivity index (χ1n) is 7.81. The van der Waals surface area contributed by atoms with Crippen molar-refractivity contribution in [2.45, 2.75) is 20.4 Å². The molecule has 0 bridgehead atoms. The fourth-order valence-electron chi connectivity index (χ4n) is 2.49. The van der Waals surface area contributed by atoms with E-state index in [-0.39, 0.29) is 30.2 Å². The van der Waals surface area contributed by atoms with Gasteiger partial charge in [0.05, 0.1) is 6.42 Å². The average Bonchev–Trinajstić information content (AvgIpc) is 2.60. The monoisotopic (exact) mass is 437 g/mol. The molecular formula is C21H22BrClFNO.